The van der Waals surface area contributed by atoms with Gasteiger partial charge in [-0.3, -0.25) is 9.69 Å². The van der Waals surface area contributed by atoms with Crippen molar-refractivity contribution in [2.24, 2.45) is 5.41 Å². The van der Waals surface area contributed by atoms with Crippen LogP contribution in [0.3, 0.4) is 0 Å². The van der Waals surface area contributed by atoms with Crippen LogP contribution in [-0.2, 0) is 11.3 Å². The van der Waals surface area contributed by atoms with Gasteiger partial charge in [0.25, 0.3) is 0 Å². The minimum Gasteiger partial charge on any atom is -0.489 e. The Balaban J connectivity index is 1.44. The quantitative estimate of drug-likeness (QED) is 0.547. The lowest BCUT2D eigenvalue weighted by Gasteiger charge is -2.39. The molecule has 4 rings (SSSR count). The Kier molecular flexibility index (Phi) is 7.74. The summed E-state index contributed by atoms with van der Waals surface area (Å²) in [6, 6.07) is 12.6. The van der Waals surface area contributed by atoms with E-state index in [2.05, 4.69) is 11.0 Å². The van der Waals surface area contributed by atoms with Crippen molar-refractivity contribution in [2.45, 2.75) is 65.7 Å². The van der Waals surface area contributed by atoms with E-state index in [1.165, 1.54) is 0 Å². The van der Waals surface area contributed by atoms with Crippen LogP contribution in [0.2, 0.25) is 0 Å². The number of ether oxygens (including phenoxy) is 2. The van der Waals surface area contributed by atoms with E-state index in [-0.39, 0.29) is 29.1 Å². The van der Waals surface area contributed by atoms with E-state index in [0.717, 1.165) is 37.2 Å². The number of hydrogen-bond acceptors (Lipinski definition) is 6. The molecule has 2 aromatic carbocycles. The average Bonchev–Trinajstić information content (AvgIpc) is 3.15. The van der Waals surface area contributed by atoms with Gasteiger partial charge in [-0.05, 0) is 101 Å². The van der Waals surface area contributed by atoms with Crippen LogP contribution in [0.4, 0.5) is 5.69 Å². The number of hydrogen-bond donors (Lipinski definition) is 1. The van der Waals surface area contributed by atoms with Crippen LogP contribution in [0.15, 0.2) is 36.4 Å². The van der Waals surface area contributed by atoms with Gasteiger partial charge in [0.15, 0.2) is 0 Å². The Hall–Kier alpha value is -3.57. The number of carbonyl (C=O) groups is 2. The first-order chi connectivity index (χ1) is 17.6. The zero-order chi connectivity index (χ0) is 26.7. The number of nitrogens with zero attached hydrogens (tertiary/aromatic N) is 3. The van der Waals surface area contributed by atoms with Crippen molar-refractivity contribution < 1.29 is 24.2 Å². The molecule has 8 nitrogen and oxygen atoms in total. The maximum absolute atomic E-state index is 12.9. The zero-order valence-corrected chi connectivity index (χ0v) is 22.0. The summed E-state index contributed by atoms with van der Waals surface area (Å²) >= 11 is 0. The first-order valence-corrected chi connectivity index (χ1v) is 12.9. The van der Waals surface area contributed by atoms with Crippen LogP contribution >= 0.6 is 0 Å². The lowest BCUT2D eigenvalue weighted by atomic mass is 9.77. The Morgan fingerprint density at radius 1 is 1.05 bits per heavy atom. The van der Waals surface area contributed by atoms with Gasteiger partial charge in [-0.1, -0.05) is 0 Å². The van der Waals surface area contributed by atoms with Gasteiger partial charge in [0.2, 0.25) is 5.91 Å². The number of amides is 1. The fourth-order valence-corrected chi connectivity index (χ4v) is 5.23. The fraction of sp³-hybridized carbons (Fsp3) is 0.483. The molecule has 2 aromatic rings. The first-order valence-electron chi connectivity index (χ1n) is 12.9. The summed E-state index contributed by atoms with van der Waals surface area (Å²) in [7, 11) is 0. The lowest BCUT2D eigenvalue weighted by Crippen LogP contribution is -2.41. The summed E-state index contributed by atoms with van der Waals surface area (Å²) in [5, 5.41) is 18.9. The highest BCUT2D eigenvalue weighted by atomic mass is 16.5. The molecule has 0 aromatic heterocycles. The highest BCUT2D eigenvalue weighted by Gasteiger charge is 2.45. The summed E-state index contributed by atoms with van der Waals surface area (Å²) < 4.78 is 11.9. The number of likely N-dealkylation sites (tertiary alicyclic amines) is 1. The third kappa shape index (κ3) is 6.05. The van der Waals surface area contributed by atoms with Gasteiger partial charge >= 0.3 is 5.97 Å². The summed E-state index contributed by atoms with van der Waals surface area (Å²) in [6.07, 6.45) is 2.20. The van der Waals surface area contributed by atoms with Crippen molar-refractivity contribution in [3.63, 3.8) is 0 Å². The van der Waals surface area contributed by atoms with Crippen LogP contribution < -0.4 is 14.4 Å². The molecule has 196 valence electrons. The van der Waals surface area contributed by atoms with Crippen molar-refractivity contribution in [1.29, 1.82) is 5.26 Å². The van der Waals surface area contributed by atoms with Gasteiger partial charge in [-0.2, -0.15) is 5.26 Å². The number of carboxylic acid groups (broad SMARTS) is 1. The van der Waals surface area contributed by atoms with Gasteiger partial charge < -0.3 is 19.5 Å². The molecule has 0 atom stereocenters. The summed E-state index contributed by atoms with van der Waals surface area (Å²) in [4.78, 5) is 28.2. The lowest BCUT2D eigenvalue weighted by molar-refractivity contribution is -0.118. The molecule has 1 amide bonds. The standard InChI is InChI=1S/C29H35N3O5/c1-19(2)36-25-13-21(14-26(24(25)16-30)37-20(3)4)17-31-11-9-29(10-12-31)15-27(33)32(18-29)23-7-5-22(6-8-23)28(34)35/h5-8,13-14,19-20H,9-12,15,17-18H2,1-4H3,(H,34,35). The minimum atomic E-state index is -0.976. The molecular weight excluding hydrogens is 470 g/mol. The monoisotopic (exact) mass is 505 g/mol. The highest BCUT2D eigenvalue weighted by Crippen LogP contribution is 2.43. The maximum atomic E-state index is 12.9. The topological polar surface area (TPSA) is 103 Å². The molecule has 37 heavy (non-hydrogen) atoms. The van der Waals surface area contributed by atoms with Gasteiger partial charge in [-0.15, -0.1) is 0 Å². The molecule has 8 heteroatoms. The second kappa shape index (κ2) is 10.8. The van der Waals surface area contributed by atoms with Crippen molar-refractivity contribution in [2.75, 3.05) is 24.5 Å². The van der Waals surface area contributed by atoms with Gasteiger partial charge in [-0.25, -0.2) is 4.79 Å². The number of nitriles is 1. The number of benzene rings is 2. The van der Waals surface area contributed by atoms with Crippen LogP contribution in [0, 0.1) is 16.7 Å². The molecule has 1 spiro atoms. The SMILES string of the molecule is CC(C)Oc1cc(CN2CCC3(CC2)CC(=O)N(c2ccc(C(=O)O)cc2)C3)cc(OC(C)C)c1C#N. The Bertz CT molecular complexity index is 1160. The van der Waals surface area contributed by atoms with E-state index < -0.39 is 5.97 Å². The van der Waals surface area contributed by atoms with E-state index in [9.17, 15) is 14.9 Å². The molecule has 2 saturated heterocycles. The van der Waals surface area contributed by atoms with Gasteiger partial charge in [0, 0.05) is 25.2 Å². The van der Waals surface area contributed by atoms with Crippen LogP contribution in [0.25, 0.3) is 0 Å². The summed E-state index contributed by atoms with van der Waals surface area (Å²) in [5.74, 6) is 0.209. The number of carbonyl (C=O) groups excluding carboxylic acids is 1. The molecule has 0 radical (unpaired) electrons. The zero-order valence-electron chi connectivity index (χ0n) is 22.0. The average molecular weight is 506 g/mol. The van der Waals surface area contributed by atoms with Gasteiger partial charge in [0.1, 0.15) is 23.1 Å². The van der Waals surface area contributed by atoms with Crippen molar-refractivity contribution in [3.05, 3.63) is 53.1 Å². The van der Waals surface area contributed by atoms with Gasteiger partial charge in [0.05, 0.1) is 17.8 Å². The third-order valence-electron chi connectivity index (χ3n) is 7.03. The van der Waals surface area contributed by atoms with E-state index in [1.54, 1.807) is 29.2 Å². The number of anilines is 1. The van der Waals surface area contributed by atoms with Crippen molar-refractivity contribution in [3.8, 4) is 17.6 Å². The molecule has 2 aliphatic heterocycles. The van der Waals surface area contributed by atoms with Crippen molar-refractivity contribution in [1.82, 2.24) is 4.90 Å². The molecule has 1 N–H and O–H groups in total. The molecule has 0 saturated carbocycles. The van der Waals surface area contributed by atoms with Crippen LogP contribution in [-0.4, -0.2) is 53.7 Å². The normalized spacial score (nSPS) is 17.4. The summed E-state index contributed by atoms with van der Waals surface area (Å²) in [6.45, 7) is 10.8. The second-order valence-corrected chi connectivity index (χ2v) is 10.7. The molecule has 0 unspecified atom stereocenters. The van der Waals surface area contributed by atoms with Crippen molar-refractivity contribution >= 4 is 17.6 Å². The molecule has 0 bridgehead atoms. The summed E-state index contributed by atoms with van der Waals surface area (Å²) in [5.41, 5.74) is 2.35. The minimum absolute atomic E-state index is 0.0627. The van der Waals surface area contributed by atoms with E-state index >= 15 is 0 Å². The molecule has 2 fully saturated rings. The van der Waals surface area contributed by atoms with E-state index in [0.29, 0.717) is 36.6 Å². The molecular formula is C29H35N3O5. The first kappa shape index (κ1) is 26.5. The smallest absolute Gasteiger partial charge is 0.335 e. The Labute approximate surface area is 218 Å². The largest absolute Gasteiger partial charge is 0.489 e. The predicted octanol–water partition coefficient (Wildman–Crippen LogP) is 4.85. The number of carboxylic acids is 1. The molecule has 2 heterocycles. The number of aromatic carboxylic acids is 1. The number of rotatable bonds is 8. The number of piperidine rings is 1. The third-order valence-corrected chi connectivity index (χ3v) is 7.03. The van der Waals surface area contributed by atoms with E-state index in [1.807, 2.05) is 39.8 Å². The predicted molar refractivity (Wildman–Crippen MR) is 140 cm³/mol. The molecule has 0 aliphatic carbocycles. The maximum Gasteiger partial charge on any atom is 0.335 e. The van der Waals surface area contributed by atoms with Crippen LogP contribution in [0.1, 0.15) is 68.4 Å². The highest BCUT2D eigenvalue weighted by molar-refractivity contribution is 5.97. The van der Waals surface area contributed by atoms with E-state index in [4.69, 9.17) is 14.6 Å². The second-order valence-electron chi connectivity index (χ2n) is 10.7. The molecule has 2 aliphatic rings. The fourth-order valence-electron chi connectivity index (χ4n) is 5.23. The Morgan fingerprint density at radius 2 is 1.62 bits per heavy atom. The Morgan fingerprint density at radius 3 is 2.11 bits per heavy atom. The van der Waals surface area contributed by atoms with Crippen LogP contribution in [0.5, 0.6) is 11.5 Å².